The van der Waals surface area contributed by atoms with Gasteiger partial charge in [0, 0.05) is 13.6 Å². The van der Waals surface area contributed by atoms with Crippen molar-refractivity contribution >= 4 is 15.9 Å². The topological polar surface area (TPSA) is 46.4 Å². The summed E-state index contributed by atoms with van der Waals surface area (Å²) in [6.07, 6.45) is 2.00. The lowest BCUT2D eigenvalue weighted by atomic mass is 10.3. The molecule has 0 aromatic heterocycles. The number of halogens is 1. The molecule has 0 bridgehead atoms. The lowest BCUT2D eigenvalue weighted by Crippen LogP contribution is -2.13. The van der Waals surface area contributed by atoms with Crippen molar-refractivity contribution < 1.29 is 4.92 Å². The van der Waals surface area contributed by atoms with Crippen molar-refractivity contribution in [3.05, 3.63) is 22.0 Å². The normalized spacial score (nSPS) is 28.0. The summed E-state index contributed by atoms with van der Waals surface area (Å²) >= 11 is 3.36. The molecule has 0 saturated carbocycles. The Morgan fingerprint density at radius 1 is 1.91 bits per heavy atom. The molecule has 1 heterocycles. The van der Waals surface area contributed by atoms with E-state index in [2.05, 4.69) is 15.9 Å². The Bertz CT molecular complexity index is 193. The molecule has 5 heteroatoms. The fourth-order valence-electron chi connectivity index (χ4n) is 1.11. The van der Waals surface area contributed by atoms with E-state index in [0.29, 0.717) is 0 Å². The van der Waals surface area contributed by atoms with Crippen LogP contribution in [0, 0.1) is 10.1 Å². The molecule has 62 valence electrons. The van der Waals surface area contributed by atoms with E-state index in [1.807, 2.05) is 11.9 Å². The highest BCUT2D eigenvalue weighted by molar-refractivity contribution is 9.09. The van der Waals surface area contributed by atoms with Crippen molar-refractivity contribution in [2.75, 3.05) is 13.6 Å². The second kappa shape index (κ2) is 3.21. The first kappa shape index (κ1) is 8.52. The van der Waals surface area contributed by atoms with Crippen LogP contribution in [0.1, 0.15) is 6.42 Å². The van der Waals surface area contributed by atoms with Gasteiger partial charge in [-0.1, -0.05) is 15.9 Å². The minimum absolute atomic E-state index is 0.151. The Kier molecular flexibility index (Phi) is 2.49. The monoisotopic (exact) mass is 220 g/mol. The summed E-state index contributed by atoms with van der Waals surface area (Å²) in [6.45, 7) is 0.885. The van der Waals surface area contributed by atoms with Crippen LogP contribution in [0.25, 0.3) is 0 Å². The van der Waals surface area contributed by atoms with Crippen LogP contribution < -0.4 is 0 Å². The van der Waals surface area contributed by atoms with Crippen LogP contribution in [-0.2, 0) is 0 Å². The van der Waals surface area contributed by atoms with E-state index < -0.39 is 4.92 Å². The maximum atomic E-state index is 10.1. The van der Waals surface area contributed by atoms with Gasteiger partial charge in [-0.3, -0.25) is 10.1 Å². The lowest BCUT2D eigenvalue weighted by Gasteiger charge is -2.10. The molecule has 1 aliphatic rings. The number of nitrogens with zero attached hydrogens (tertiary/aromatic N) is 2. The smallest absolute Gasteiger partial charge is 0.254 e. The van der Waals surface area contributed by atoms with Gasteiger partial charge in [-0.25, -0.2) is 0 Å². The Morgan fingerprint density at radius 2 is 2.55 bits per heavy atom. The molecule has 1 aliphatic heterocycles. The van der Waals surface area contributed by atoms with Gasteiger partial charge >= 0.3 is 0 Å². The second-order valence-corrected chi connectivity index (χ2v) is 3.62. The number of allylic oxidation sites excluding steroid dienone is 1. The summed E-state index contributed by atoms with van der Waals surface area (Å²) in [4.78, 5) is 11.8. The van der Waals surface area contributed by atoms with Crippen molar-refractivity contribution in [1.29, 1.82) is 0 Å². The predicted octanol–water partition coefficient (Wildman–Crippen LogP) is 1.20. The molecule has 11 heavy (non-hydrogen) atoms. The number of likely N-dealkylation sites (tertiary alicyclic amines) is 1. The number of hydrogen-bond donors (Lipinski definition) is 0. The van der Waals surface area contributed by atoms with Gasteiger partial charge in [-0.15, -0.1) is 0 Å². The maximum absolute atomic E-state index is 10.1. The summed E-state index contributed by atoms with van der Waals surface area (Å²) < 4.78 is 0. The van der Waals surface area contributed by atoms with Crippen LogP contribution in [0.15, 0.2) is 11.9 Å². The summed E-state index contributed by atoms with van der Waals surface area (Å²) in [6, 6.07) is 0. The lowest BCUT2D eigenvalue weighted by molar-refractivity contribution is -0.404. The van der Waals surface area contributed by atoms with E-state index in [0.717, 1.165) is 24.9 Å². The van der Waals surface area contributed by atoms with Crippen LogP contribution in [-0.4, -0.2) is 28.2 Å². The van der Waals surface area contributed by atoms with E-state index in [-0.39, 0.29) is 4.83 Å². The van der Waals surface area contributed by atoms with Gasteiger partial charge in [-0.05, 0) is 6.42 Å². The van der Waals surface area contributed by atoms with Crippen LogP contribution >= 0.6 is 15.9 Å². The molecule has 0 aromatic carbocycles. The SMILES string of the molecule is CN1CCC(Br)C1=C[N+](=O)[O-]. The molecular weight excluding hydrogens is 212 g/mol. The van der Waals surface area contributed by atoms with Crippen molar-refractivity contribution in [1.82, 2.24) is 4.90 Å². The molecule has 1 fully saturated rings. The highest BCUT2D eigenvalue weighted by Crippen LogP contribution is 2.25. The Labute approximate surface area is 73.1 Å². The van der Waals surface area contributed by atoms with E-state index >= 15 is 0 Å². The Balaban J connectivity index is 2.75. The minimum Gasteiger partial charge on any atom is -0.372 e. The number of rotatable bonds is 1. The third kappa shape index (κ3) is 1.92. The molecule has 0 radical (unpaired) electrons. The molecule has 0 aromatic rings. The van der Waals surface area contributed by atoms with Crippen molar-refractivity contribution in [2.45, 2.75) is 11.2 Å². The molecule has 0 amide bonds. The third-order valence-electron chi connectivity index (χ3n) is 1.72. The summed E-state index contributed by atoms with van der Waals surface area (Å²) in [5.74, 6) is 0. The molecular formula is C6H9BrN2O2. The molecule has 1 unspecified atom stereocenters. The zero-order valence-corrected chi connectivity index (χ0v) is 7.74. The van der Waals surface area contributed by atoms with Crippen LogP contribution in [0.3, 0.4) is 0 Å². The van der Waals surface area contributed by atoms with Gasteiger partial charge in [0.2, 0.25) is 0 Å². The fraction of sp³-hybridized carbons (Fsp3) is 0.667. The number of nitro groups is 1. The molecule has 0 N–H and O–H groups in total. The van der Waals surface area contributed by atoms with Crippen molar-refractivity contribution in [3.63, 3.8) is 0 Å². The van der Waals surface area contributed by atoms with E-state index in [9.17, 15) is 10.1 Å². The van der Waals surface area contributed by atoms with E-state index in [1.54, 1.807) is 0 Å². The van der Waals surface area contributed by atoms with Crippen LogP contribution in [0.5, 0.6) is 0 Å². The van der Waals surface area contributed by atoms with Gasteiger partial charge in [0.1, 0.15) is 0 Å². The van der Waals surface area contributed by atoms with Gasteiger partial charge in [-0.2, -0.15) is 0 Å². The zero-order chi connectivity index (χ0) is 8.43. The van der Waals surface area contributed by atoms with Gasteiger partial charge in [0.15, 0.2) is 0 Å². The van der Waals surface area contributed by atoms with Crippen LogP contribution in [0.2, 0.25) is 0 Å². The summed E-state index contributed by atoms with van der Waals surface area (Å²) in [5, 5.41) is 10.1. The summed E-state index contributed by atoms with van der Waals surface area (Å²) in [5.41, 5.74) is 0.759. The number of alkyl halides is 1. The molecule has 1 atom stereocenters. The van der Waals surface area contributed by atoms with E-state index in [4.69, 9.17) is 0 Å². The van der Waals surface area contributed by atoms with Crippen molar-refractivity contribution in [2.24, 2.45) is 0 Å². The molecule has 1 rings (SSSR count). The minimum atomic E-state index is -0.411. The largest absolute Gasteiger partial charge is 0.372 e. The van der Waals surface area contributed by atoms with Crippen LogP contribution in [0.4, 0.5) is 0 Å². The molecule has 0 aliphatic carbocycles. The molecule has 4 nitrogen and oxygen atoms in total. The van der Waals surface area contributed by atoms with Gasteiger partial charge in [0.25, 0.3) is 6.20 Å². The standard InChI is InChI=1S/C6H9BrN2O2/c1-8-3-2-5(7)6(8)4-9(10)11/h4-5H,2-3H2,1H3. The first-order valence-electron chi connectivity index (χ1n) is 3.31. The quantitative estimate of drug-likeness (QED) is 0.379. The van der Waals surface area contributed by atoms with Crippen molar-refractivity contribution in [3.8, 4) is 0 Å². The second-order valence-electron chi connectivity index (χ2n) is 2.52. The zero-order valence-electron chi connectivity index (χ0n) is 6.16. The third-order valence-corrected chi connectivity index (χ3v) is 2.64. The average molecular weight is 221 g/mol. The predicted molar refractivity (Wildman–Crippen MR) is 45.0 cm³/mol. The first-order chi connectivity index (χ1) is 5.11. The highest BCUT2D eigenvalue weighted by Gasteiger charge is 2.25. The molecule has 0 spiro atoms. The average Bonchev–Trinajstić information content (AvgIpc) is 2.18. The Morgan fingerprint density at radius 3 is 2.91 bits per heavy atom. The van der Waals surface area contributed by atoms with Gasteiger partial charge in [0.05, 0.1) is 15.4 Å². The number of hydrogen-bond acceptors (Lipinski definition) is 3. The molecule has 1 saturated heterocycles. The highest BCUT2D eigenvalue weighted by atomic mass is 79.9. The first-order valence-corrected chi connectivity index (χ1v) is 4.23. The maximum Gasteiger partial charge on any atom is 0.254 e. The summed E-state index contributed by atoms with van der Waals surface area (Å²) in [7, 11) is 1.86. The van der Waals surface area contributed by atoms with E-state index in [1.165, 1.54) is 0 Å². The fourth-order valence-corrected chi connectivity index (χ4v) is 1.78. The Hall–Kier alpha value is -0.580. The van der Waals surface area contributed by atoms with Gasteiger partial charge < -0.3 is 4.90 Å².